The number of rotatable bonds is 7. The molecule has 0 fully saturated rings. The Hall–Kier alpha value is -2.25. The van der Waals surface area contributed by atoms with Gasteiger partial charge in [0.15, 0.2) is 11.5 Å². The van der Waals surface area contributed by atoms with E-state index in [2.05, 4.69) is 16.9 Å². The molecule has 0 amide bonds. The molecule has 0 radical (unpaired) electrons. The number of hydrogen-bond acceptors (Lipinski definition) is 5. The summed E-state index contributed by atoms with van der Waals surface area (Å²) in [4.78, 5) is 19.0. The number of hydrogen-bond donors (Lipinski definition) is 3. The quantitative estimate of drug-likeness (QED) is 0.694. The van der Waals surface area contributed by atoms with Crippen molar-refractivity contribution in [3.63, 3.8) is 0 Å². The lowest BCUT2D eigenvalue weighted by Crippen LogP contribution is -2.20. The summed E-state index contributed by atoms with van der Waals surface area (Å²) in [7, 11) is 0. The lowest BCUT2D eigenvalue weighted by atomic mass is 9.91. The highest BCUT2D eigenvalue weighted by molar-refractivity contribution is 5.85. The summed E-state index contributed by atoms with van der Waals surface area (Å²) < 4.78 is 10.5. The Balaban J connectivity index is 0.00000225. The van der Waals surface area contributed by atoms with E-state index in [-0.39, 0.29) is 19.2 Å². The van der Waals surface area contributed by atoms with Gasteiger partial charge in [-0.15, -0.1) is 12.4 Å². The van der Waals surface area contributed by atoms with Crippen LogP contribution in [-0.4, -0.2) is 32.9 Å². The molecule has 8 heteroatoms. The molecule has 3 rings (SSSR count). The van der Waals surface area contributed by atoms with Crippen molar-refractivity contribution in [1.29, 1.82) is 0 Å². The van der Waals surface area contributed by atoms with E-state index < -0.39 is 18.0 Å². The fourth-order valence-corrected chi connectivity index (χ4v) is 2.74. The van der Waals surface area contributed by atoms with Crippen LogP contribution in [0.4, 0.5) is 0 Å². The van der Waals surface area contributed by atoms with Crippen LogP contribution in [-0.2, 0) is 11.2 Å². The minimum absolute atomic E-state index is 0. The van der Waals surface area contributed by atoms with Gasteiger partial charge in [-0.25, -0.2) is 4.98 Å². The molecule has 2 aromatic rings. The number of aliphatic hydroxyl groups excluding tert-OH is 1. The Kier molecular flexibility index (Phi) is 6.27. The predicted molar refractivity (Wildman–Crippen MR) is 92.3 cm³/mol. The standard InChI is InChI=1S/C17H20N2O5.ClH/c1-2-3-4-14-18-8-11(19-14)16(20)15(17(21)22)10-5-6-12-13(7-10)24-9-23-12;/h5-8,15-16,20H,2-4,9H2,1H3,(H,18,19)(H,21,22);1H. The summed E-state index contributed by atoms with van der Waals surface area (Å²) in [6.07, 6.45) is 3.10. The number of aliphatic carboxylic acids is 1. The first-order valence-electron chi connectivity index (χ1n) is 7.94. The second-order valence-corrected chi connectivity index (χ2v) is 5.75. The summed E-state index contributed by atoms with van der Waals surface area (Å²) >= 11 is 0. The van der Waals surface area contributed by atoms with Crippen LogP contribution in [0.2, 0.25) is 0 Å². The van der Waals surface area contributed by atoms with Crippen molar-refractivity contribution in [2.45, 2.75) is 38.2 Å². The monoisotopic (exact) mass is 368 g/mol. The van der Waals surface area contributed by atoms with Crippen LogP contribution in [0.25, 0.3) is 0 Å². The Morgan fingerprint density at radius 3 is 2.84 bits per heavy atom. The van der Waals surface area contributed by atoms with Gasteiger partial charge in [0.25, 0.3) is 0 Å². The number of benzene rings is 1. The van der Waals surface area contributed by atoms with Crippen molar-refractivity contribution in [3.8, 4) is 11.5 Å². The normalized spacial score (nSPS) is 14.6. The van der Waals surface area contributed by atoms with Gasteiger partial charge in [0.2, 0.25) is 6.79 Å². The van der Waals surface area contributed by atoms with Gasteiger partial charge in [0.05, 0.1) is 5.69 Å². The molecular formula is C17H21ClN2O5. The molecule has 1 aliphatic heterocycles. The van der Waals surface area contributed by atoms with E-state index in [4.69, 9.17) is 9.47 Å². The van der Waals surface area contributed by atoms with E-state index in [9.17, 15) is 15.0 Å². The van der Waals surface area contributed by atoms with E-state index in [1.165, 1.54) is 0 Å². The number of carboxylic acids is 1. The number of aryl methyl sites for hydroxylation is 1. The second-order valence-electron chi connectivity index (χ2n) is 5.75. The zero-order valence-corrected chi connectivity index (χ0v) is 14.6. The number of carboxylic acid groups (broad SMARTS) is 1. The number of nitrogens with one attached hydrogen (secondary N) is 1. The van der Waals surface area contributed by atoms with Crippen molar-refractivity contribution in [1.82, 2.24) is 9.97 Å². The van der Waals surface area contributed by atoms with Crippen LogP contribution in [0.1, 0.15) is 48.9 Å². The molecular weight excluding hydrogens is 348 g/mol. The van der Waals surface area contributed by atoms with E-state index in [0.717, 1.165) is 25.1 Å². The number of aromatic nitrogens is 2. The summed E-state index contributed by atoms with van der Waals surface area (Å²) in [5.74, 6) is -0.461. The third kappa shape index (κ3) is 4.05. The Morgan fingerprint density at radius 2 is 2.12 bits per heavy atom. The summed E-state index contributed by atoms with van der Waals surface area (Å²) in [6, 6.07) is 4.87. The van der Waals surface area contributed by atoms with Crippen molar-refractivity contribution >= 4 is 18.4 Å². The molecule has 0 saturated heterocycles. The Bertz CT molecular complexity index is 734. The van der Waals surface area contributed by atoms with Gasteiger partial charge in [-0.05, 0) is 24.1 Å². The molecule has 0 bridgehead atoms. The highest BCUT2D eigenvalue weighted by atomic mass is 35.5. The number of H-pyrrole nitrogens is 1. The molecule has 1 aromatic heterocycles. The van der Waals surface area contributed by atoms with Crippen LogP contribution in [0.5, 0.6) is 11.5 Å². The molecule has 0 spiro atoms. The predicted octanol–water partition coefficient (Wildman–Crippen LogP) is 2.80. The first kappa shape index (κ1) is 19.1. The Labute approximate surface area is 151 Å². The first-order valence-corrected chi connectivity index (χ1v) is 7.94. The molecule has 2 atom stereocenters. The maximum Gasteiger partial charge on any atom is 0.314 e. The fourth-order valence-electron chi connectivity index (χ4n) is 2.74. The average molecular weight is 369 g/mol. The number of aromatic amines is 1. The molecule has 25 heavy (non-hydrogen) atoms. The zero-order valence-electron chi connectivity index (χ0n) is 13.8. The number of carbonyl (C=O) groups is 1. The molecule has 3 N–H and O–H groups in total. The summed E-state index contributed by atoms with van der Waals surface area (Å²) in [5.41, 5.74) is 0.767. The third-order valence-electron chi connectivity index (χ3n) is 4.06. The first-order chi connectivity index (χ1) is 11.6. The van der Waals surface area contributed by atoms with E-state index in [0.29, 0.717) is 22.8 Å². The van der Waals surface area contributed by atoms with Gasteiger partial charge in [-0.2, -0.15) is 0 Å². The second kappa shape index (κ2) is 8.22. The van der Waals surface area contributed by atoms with Gasteiger partial charge in [-0.1, -0.05) is 19.4 Å². The average Bonchev–Trinajstić information content (AvgIpc) is 3.21. The highest BCUT2D eigenvalue weighted by Crippen LogP contribution is 2.38. The fraction of sp³-hybridized carbons (Fsp3) is 0.412. The van der Waals surface area contributed by atoms with E-state index in [1.54, 1.807) is 24.4 Å². The van der Waals surface area contributed by atoms with Crippen LogP contribution < -0.4 is 9.47 Å². The van der Waals surface area contributed by atoms with Crippen molar-refractivity contribution in [3.05, 3.63) is 41.5 Å². The number of imidazole rings is 1. The lowest BCUT2D eigenvalue weighted by molar-refractivity contribution is -0.141. The number of nitrogens with zero attached hydrogens (tertiary/aromatic N) is 1. The van der Waals surface area contributed by atoms with E-state index in [1.807, 2.05) is 0 Å². The molecule has 0 saturated carbocycles. The van der Waals surface area contributed by atoms with E-state index >= 15 is 0 Å². The number of halogens is 1. The van der Waals surface area contributed by atoms with Gasteiger partial charge in [0.1, 0.15) is 17.8 Å². The number of ether oxygens (including phenoxy) is 2. The van der Waals surface area contributed by atoms with Crippen LogP contribution >= 0.6 is 12.4 Å². The minimum atomic E-state index is -1.26. The van der Waals surface area contributed by atoms with Gasteiger partial charge < -0.3 is 24.7 Å². The molecule has 2 unspecified atom stereocenters. The summed E-state index contributed by atoms with van der Waals surface area (Å²) in [5, 5.41) is 20.1. The maximum absolute atomic E-state index is 11.7. The number of unbranched alkanes of at least 4 members (excludes halogenated alkanes) is 1. The van der Waals surface area contributed by atoms with Crippen LogP contribution in [0, 0.1) is 0 Å². The van der Waals surface area contributed by atoms with Gasteiger partial charge in [0, 0.05) is 12.6 Å². The largest absolute Gasteiger partial charge is 0.481 e. The SMILES string of the molecule is CCCCc1nc(C(O)C(C(=O)O)c2ccc3c(c2)OCO3)c[nH]1.Cl. The van der Waals surface area contributed by atoms with Crippen LogP contribution in [0.3, 0.4) is 0 Å². The molecule has 1 aromatic carbocycles. The molecule has 7 nitrogen and oxygen atoms in total. The Morgan fingerprint density at radius 1 is 1.36 bits per heavy atom. The van der Waals surface area contributed by atoms with Crippen molar-refractivity contribution in [2.24, 2.45) is 0 Å². The molecule has 136 valence electrons. The topological polar surface area (TPSA) is 105 Å². The number of aliphatic hydroxyl groups is 1. The smallest absolute Gasteiger partial charge is 0.314 e. The molecule has 2 heterocycles. The molecule has 0 aliphatic carbocycles. The minimum Gasteiger partial charge on any atom is -0.481 e. The number of fused-ring (bicyclic) bond motifs is 1. The lowest BCUT2D eigenvalue weighted by Gasteiger charge is -2.18. The van der Waals surface area contributed by atoms with Gasteiger partial charge >= 0.3 is 5.97 Å². The highest BCUT2D eigenvalue weighted by Gasteiger charge is 2.32. The molecule has 1 aliphatic rings. The van der Waals surface area contributed by atoms with Crippen molar-refractivity contribution in [2.75, 3.05) is 6.79 Å². The van der Waals surface area contributed by atoms with Crippen LogP contribution in [0.15, 0.2) is 24.4 Å². The van der Waals surface area contributed by atoms with Gasteiger partial charge in [-0.3, -0.25) is 4.79 Å². The third-order valence-corrected chi connectivity index (χ3v) is 4.06. The van der Waals surface area contributed by atoms with Crippen molar-refractivity contribution < 1.29 is 24.5 Å². The summed E-state index contributed by atoms with van der Waals surface area (Å²) in [6.45, 7) is 2.19. The maximum atomic E-state index is 11.7. The zero-order chi connectivity index (χ0) is 17.1.